The quantitative estimate of drug-likeness (QED) is 0.125. The highest BCUT2D eigenvalue weighted by atomic mass is 35.5. The molecule has 3 heterocycles. The van der Waals surface area contributed by atoms with Crippen molar-refractivity contribution in [3.63, 3.8) is 0 Å². The molecule has 0 saturated carbocycles. The summed E-state index contributed by atoms with van der Waals surface area (Å²) in [6, 6.07) is 36.0. The van der Waals surface area contributed by atoms with E-state index < -0.39 is 0 Å². The molecule has 15 heteroatoms. The number of hydrogen-bond donors (Lipinski definition) is 1. The van der Waals surface area contributed by atoms with E-state index in [9.17, 15) is 33.9 Å². The Bertz CT molecular complexity index is 3400. The molecule has 0 aliphatic rings. The highest BCUT2D eigenvalue weighted by Crippen LogP contribution is 2.33. The van der Waals surface area contributed by atoms with Crippen LogP contribution in [0, 0.1) is 20.8 Å². The third-order valence-corrected chi connectivity index (χ3v) is 13.0. The summed E-state index contributed by atoms with van der Waals surface area (Å²) in [7, 11) is 3.17. The maximum absolute atomic E-state index is 13.0. The summed E-state index contributed by atoms with van der Waals surface area (Å²) in [5.74, 6) is 0.960. The fourth-order valence-electron chi connectivity index (χ4n) is 8.75. The predicted octanol–water partition coefficient (Wildman–Crippen LogP) is 12.2. The van der Waals surface area contributed by atoms with Crippen molar-refractivity contribution in [1.82, 2.24) is 13.7 Å². The van der Waals surface area contributed by atoms with Gasteiger partial charge >= 0.3 is 0 Å². The number of aldehydes is 2. The number of ketones is 1. The van der Waals surface area contributed by atoms with E-state index >= 15 is 0 Å². The van der Waals surface area contributed by atoms with Crippen molar-refractivity contribution in [3.05, 3.63) is 193 Å². The Morgan fingerprint density at radius 2 is 0.806 bits per heavy atom. The first-order valence-electron chi connectivity index (χ1n) is 22.5. The summed E-state index contributed by atoms with van der Waals surface area (Å²) < 4.78 is 15.4. The monoisotopic (exact) mass is 1020 g/mol. The Labute approximate surface area is 429 Å². The molecule has 0 fully saturated rings. The number of rotatable bonds is 11. The molecule has 0 spiro atoms. The first kappa shape index (κ1) is 52.1. The number of methoxy groups -OCH3 is 2. The number of aromatic nitrogens is 3. The molecule has 0 unspecified atom stereocenters. The van der Waals surface area contributed by atoms with Gasteiger partial charge in [-0.25, -0.2) is 0 Å². The van der Waals surface area contributed by atoms with Crippen LogP contribution in [0.1, 0.15) is 71.8 Å². The Hall–Kier alpha value is -7.77. The van der Waals surface area contributed by atoms with Crippen LogP contribution >= 0.6 is 34.8 Å². The smallest absolute Gasteiger partial charge is 0.262 e. The van der Waals surface area contributed by atoms with Crippen LogP contribution in [-0.2, 0) is 33.6 Å². The lowest BCUT2D eigenvalue weighted by Crippen LogP contribution is -2.14. The molecule has 0 amide bonds. The van der Waals surface area contributed by atoms with E-state index in [0.29, 0.717) is 59.9 Å². The number of benzene rings is 6. The highest BCUT2D eigenvalue weighted by Gasteiger charge is 2.23. The molecule has 72 heavy (non-hydrogen) atoms. The van der Waals surface area contributed by atoms with E-state index in [2.05, 4.69) is 0 Å². The van der Waals surface area contributed by atoms with Crippen LogP contribution in [0.15, 0.2) is 127 Å². The van der Waals surface area contributed by atoms with Crippen LogP contribution in [0.3, 0.4) is 0 Å². The summed E-state index contributed by atoms with van der Waals surface area (Å²) in [6.07, 6.45) is 2.40. The van der Waals surface area contributed by atoms with Gasteiger partial charge in [-0.1, -0.05) is 34.8 Å². The van der Waals surface area contributed by atoms with Gasteiger partial charge in [-0.2, -0.15) is 0 Å². The van der Waals surface area contributed by atoms with E-state index in [1.807, 2.05) is 45.0 Å². The number of ether oxygens (including phenoxy) is 2. The van der Waals surface area contributed by atoms with Gasteiger partial charge in [-0.05, 0) is 172 Å². The first-order chi connectivity index (χ1) is 34.5. The van der Waals surface area contributed by atoms with Crippen LogP contribution in [0.5, 0.6) is 17.2 Å². The van der Waals surface area contributed by atoms with Gasteiger partial charge in [0, 0.05) is 84.3 Å². The minimum absolute atomic E-state index is 0.000523. The third kappa shape index (κ3) is 10.8. The standard InChI is InChI=1S/3C19H16ClNO3/c1-11(22)9-16-12(2)21(18-8-7-15(23)10-17(16)18)19(24)13-3-5-14(20)6-4-13;2*1-12-16(9-10-22)17-11-15(24-2)7-8-18(17)21(12)19(23)13-3-5-14(20)6-4-13/h3-8,10,23H,9H2,1-2H3;2*3-8,10-11H,9H2,1-2H3. The molecular formula is C57H48Cl3N3O9. The zero-order chi connectivity index (χ0) is 52.0. The maximum Gasteiger partial charge on any atom is 0.262 e. The number of hydrogen-bond acceptors (Lipinski definition) is 9. The normalized spacial score (nSPS) is 10.8. The summed E-state index contributed by atoms with van der Waals surface area (Å²) >= 11 is 17.7. The van der Waals surface area contributed by atoms with Crippen LogP contribution < -0.4 is 9.47 Å². The van der Waals surface area contributed by atoms with Gasteiger partial charge in [-0.3, -0.25) is 32.9 Å². The van der Waals surface area contributed by atoms with Crippen LogP contribution in [0.2, 0.25) is 15.1 Å². The third-order valence-electron chi connectivity index (χ3n) is 12.3. The highest BCUT2D eigenvalue weighted by molar-refractivity contribution is 6.31. The Morgan fingerprint density at radius 1 is 0.486 bits per heavy atom. The zero-order valence-corrected chi connectivity index (χ0v) is 42.4. The Balaban J connectivity index is 0.000000158. The summed E-state index contributed by atoms with van der Waals surface area (Å²) in [4.78, 5) is 72.6. The van der Waals surface area contributed by atoms with Crippen LogP contribution in [0.25, 0.3) is 32.7 Å². The number of phenolic OH excluding ortho intramolecular Hbond substituents is 1. The molecule has 0 bridgehead atoms. The van der Waals surface area contributed by atoms with Crippen LogP contribution in [0.4, 0.5) is 0 Å². The van der Waals surface area contributed by atoms with Gasteiger partial charge in [0.05, 0.1) is 30.8 Å². The fraction of sp³-hybridized carbons (Fsp3) is 0.158. The van der Waals surface area contributed by atoms with E-state index in [4.69, 9.17) is 44.3 Å². The van der Waals surface area contributed by atoms with Gasteiger partial charge in [0.25, 0.3) is 17.7 Å². The maximum atomic E-state index is 13.0. The minimum atomic E-state index is -0.199. The minimum Gasteiger partial charge on any atom is -0.508 e. The van der Waals surface area contributed by atoms with Gasteiger partial charge < -0.3 is 24.2 Å². The molecule has 1 N–H and O–H groups in total. The van der Waals surface area contributed by atoms with E-state index in [1.54, 1.807) is 125 Å². The zero-order valence-electron chi connectivity index (χ0n) is 40.1. The second-order valence-electron chi connectivity index (χ2n) is 16.7. The molecular weight excluding hydrogens is 977 g/mol. The second kappa shape index (κ2) is 22.5. The van der Waals surface area contributed by atoms with Gasteiger partial charge in [0.1, 0.15) is 35.6 Å². The molecule has 12 nitrogen and oxygen atoms in total. The van der Waals surface area contributed by atoms with E-state index in [0.717, 1.165) is 62.5 Å². The lowest BCUT2D eigenvalue weighted by Gasteiger charge is -2.08. The van der Waals surface area contributed by atoms with Crippen molar-refractivity contribution in [2.45, 2.75) is 47.0 Å². The number of fused-ring (bicyclic) bond motifs is 3. The molecule has 3 aromatic heterocycles. The van der Waals surface area contributed by atoms with Gasteiger partial charge in [0.2, 0.25) is 0 Å². The predicted molar refractivity (Wildman–Crippen MR) is 282 cm³/mol. The largest absolute Gasteiger partial charge is 0.508 e. The molecule has 0 aliphatic carbocycles. The van der Waals surface area contributed by atoms with Gasteiger partial charge in [0.15, 0.2) is 0 Å². The van der Waals surface area contributed by atoms with Crippen molar-refractivity contribution >= 4 is 104 Å². The molecule has 0 atom stereocenters. The number of carbonyl (C=O) groups excluding carboxylic acids is 6. The SMILES string of the molecule is CC(=O)Cc1c(C)n(C(=O)c2ccc(Cl)cc2)c2ccc(O)cc12.COc1ccc2c(c1)c(CC=O)c(C)n2C(=O)c1ccc(Cl)cc1.COc1ccc2c(c1)c(CC=O)c(C)n2C(=O)c1ccc(Cl)cc1. The molecule has 0 saturated heterocycles. The van der Waals surface area contributed by atoms with E-state index in [-0.39, 0.29) is 48.5 Å². The van der Waals surface area contributed by atoms with Crippen molar-refractivity contribution in [2.24, 2.45) is 0 Å². The second-order valence-corrected chi connectivity index (χ2v) is 18.0. The molecule has 9 aromatic rings. The van der Waals surface area contributed by atoms with Crippen molar-refractivity contribution in [1.29, 1.82) is 0 Å². The Kier molecular flexibility index (Phi) is 16.3. The summed E-state index contributed by atoms with van der Waals surface area (Å²) in [6.45, 7) is 7.01. The average molecular weight is 1030 g/mol. The number of carbonyl (C=O) groups is 6. The molecule has 366 valence electrons. The number of aromatic hydroxyl groups is 1. The summed E-state index contributed by atoms with van der Waals surface area (Å²) in [5, 5.41) is 13.9. The van der Waals surface area contributed by atoms with Gasteiger partial charge in [-0.15, -0.1) is 0 Å². The van der Waals surface area contributed by atoms with Crippen molar-refractivity contribution < 1.29 is 43.3 Å². The first-order valence-corrected chi connectivity index (χ1v) is 23.6. The van der Waals surface area contributed by atoms with Crippen LogP contribution in [-0.4, -0.2) is 69.1 Å². The lowest BCUT2D eigenvalue weighted by molar-refractivity contribution is -0.116. The number of halogens is 3. The van der Waals surface area contributed by atoms with Crippen molar-refractivity contribution in [3.8, 4) is 17.2 Å². The lowest BCUT2D eigenvalue weighted by atomic mass is 10.1. The molecule has 0 aliphatic heterocycles. The topological polar surface area (TPSA) is 156 Å². The molecule has 0 radical (unpaired) electrons. The Morgan fingerprint density at radius 3 is 1.12 bits per heavy atom. The molecule has 6 aromatic carbocycles. The van der Waals surface area contributed by atoms with E-state index in [1.165, 1.54) is 13.0 Å². The number of Topliss-reactive ketones (excluding diaryl/α,β-unsaturated/α-hetero) is 1. The fourth-order valence-corrected chi connectivity index (χ4v) is 9.13. The van der Waals surface area contributed by atoms with Crippen molar-refractivity contribution in [2.75, 3.05) is 14.2 Å². The number of phenols is 1. The summed E-state index contributed by atoms with van der Waals surface area (Å²) in [5.41, 5.74) is 8.39. The molecule has 9 rings (SSSR count). The average Bonchev–Trinajstić information content (AvgIpc) is 3.92. The number of nitrogens with zero attached hydrogens (tertiary/aromatic N) is 3.